The summed E-state index contributed by atoms with van der Waals surface area (Å²) >= 11 is 0. The highest BCUT2D eigenvalue weighted by Gasteiger charge is 2.20. The highest BCUT2D eigenvalue weighted by atomic mass is 32.2. The van der Waals surface area contributed by atoms with Crippen molar-refractivity contribution in [3.63, 3.8) is 0 Å². The van der Waals surface area contributed by atoms with E-state index < -0.39 is 10.0 Å². The van der Waals surface area contributed by atoms with Crippen molar-refractivity contribution in [1.82, 2.24) is 15.4 Å². The zero-order chi connectivity index (χ0) is 20.6. The summed E-state index contributed by atoms with van der Waals surface area (Å²) in [5.41, 5.74) is 0.729. The van der Waals surface area contributed by atoms with Gasteiger partial charge in [-0.05, 0) is 45.6 Å². The first-order valence-electron chi connectivity index (χ1n) is 9.87. The molecule has 0 bridgehead atoms. The van der Waals surface area contributed by atoms with Gasteiger partial charge in [0.05, 0.1) is 5.75 Å². The van der Waals surface area contributed by atoms with Gasteiger partial charge in [0.2, 0.25) is 10.0 Å². The first-order chi connectivity index (χ1) is 13.2. The van der Waals surface area contributed by atoms with E-state index in [1.807, 2.05) is 45.0 Å². The molecule has 0 saturated heterocycles. The molecule has 8 heteroatoms. The van der Waals surface area contributed by atoms with E-state index in [4.69, 9.17) is 4.74 Å². The molecule has 2 rings (SSSR count). The van der Waals surface area contributed by atoms with Crippen LogP contribution in [0.2, 0.25) is 0 Å². The Hall–Kier alpha value is -1.80. The van der Waals surface area contributed by atoms with Crippen LogP contribution in [-0.4, -0.2) is 45.9 Å². The predicted molar refractivity (Wildman–Crippen MR) is 114 cm³/mol. The van der Waals surface area contributed by atoms with Gasteiger partial charge in [0.25, 0.3) is 0 Å². The van der Waals surface area contributed by atoms with Crippen LogP contribution in [0.15, 0.2) is 29.3 Å². The van der Waals surface area contributed by atoms with E-state index in [2.05, 4.69) is 20.3 Å². The van der Waals surface area contributed by atoms with Crippen molar-refractivity contribution in [3.05, 3.63) is 29.8 Å². The molecule has 3 N–H and O–H groups in total. The molecule has 1 aromatic carbocycles. The Bertz CT molecular complexity index is 753. The van der Waals surface area contributed by atoms with Crippen molar-refractivity contribution in [2.24, 2.45) is 10.9 Å². The molecular weight excluding hydrogens is 376 g/mol. The van der Waals surface area contributed by atoms with Crippen LogP contribution < -0.4 is 20.1 Å². The lowest BCUT2D eigenvalue weighted by Crippen LogP contribution is -2.41. The van der Waals surface area contributed by atoms with E-state index in [1.54, 1.807) is 7.05 Å². The second-order valence-corrected chi connectivity index (χ2v) is 10.1. The molecule has 0 aliphatic heterocycles. The number of nitrogens with one attached hydrogen (secondary N) is 3. The lowest BCUT2D eigenvalue weighted by Gasteiger charge is -2.25. The molecule has 0 unspecified atom stereocenters. The number of aliphatic imine (C=N–C) groups is 1. The van der Waals surface area contributed by atoms with E-state index in [-0.39, 0.29) is 11.4 Å². The van der Waals surface area contributed by atoms with Gasteiger partial charge in [-0.25, -0.2) is 13.1 Å². The normalized spacial score (nSPS) is 15.8. The summed E-state index contributed by atoms with van der Waals surface area (Å²) < 4.78 is 32.8. The highest BCUT2D eigenvalue weighted by Crippen LogP contribution is 2.25. The number of benzene rings is 1. The number of sulfonamides is 1. The molecule has 0 heterocycles. The minimum atomic E-state index is -3.27. The highest BCUT2D eigenvalue weighted by molar-refractivity contribution is 7.89. The van der Waals surface area contributed by atoms with E-state index in [0.29, 0.717) is 31.5 Å². The third-order valence-electron chi connectivity index (χ3n) is 4.54. The topological polar surface area (TPSA) is 91.8 Å². The number of hydrogen-bond acceptors (Lipinski definition) is 4. The molecule has 0 atom stereocenters. The van der Waals surface area contributed by atoms with Gasteiger partial charge in [0.15, 0.2) is 5.96 Å². The molecule has 158 valence electrons. The predicted octanol–water partition coefficient (Wildman–Crippen LogP) is 2.25. The molecule has 0 radical (unpaired) electrons. The Balaban J connectivity index is 1.78. The van der Waals surface area contributed by atoms with Gasteiger partial charge >= 0.3 is 0 Å². The summed E-state index contributed by atoms with van der Waals surface area (Å²) in [6.07, 6.45) is 3.45. The zero-order valence-corrected chi connectivity index (χ0v) is 18.2. The van der Waals surface area contributed by atoms with E-state index in [1.165, 1.54) is 6.42 Å². The van der Waals surface area contributed by atoms with Crippen LogP contribution >= 0.6 is 0 Å². The molecule has 0 amide bonds. The fraction of sp³-hybridized carbons (Fsp3) is 0.650. The van der Waals surface area contributed by atoms with Crippen molar-refractivity contribution >= 4 is 16.0 Å². The minimum Gasteiger partial charge on any atom is -0.488 e. The van der Waals surface area contributed by atoms with Crippen molar-refractivity contribution in [1.29, 1.82) is 0 Å². The van der Waals surface area contributed by atoms with Gasteiger partial charge in [-0.3, -0.25) is 4.99 Å². The molecule has 0 aromatic heterocycles. The summed E-state index contributed by atoms with van der Waals surface area (Å²) in [6, 6.07) is 7.84. The molecule has 1 aliphatic carbocycles. The van der Waals surface area contributed by atoms with Gasteiger partial charge in [0.1, 0.15) is 11.4 Å². The smallest absolute Gasteiger partial charge is 0.213 e. The Morgan fingerprint density at radius 1 is 1.21 bits per heavy atom. The van der Waals surface area contributed by atoms with Gasteiger partial charge in [-0.15, -0.1) is 0 Å². The van der Waals surface area contributed by atoms with E-state index in [9.17, 15) is 8.42 Å². The average molecular weight is 411 g/mol. The number of ether oxygens (including phenoxy) is 1. The van der Waals surface area contributed by atoms with Crippen molar-refractivity contribution in [2.45, 2.75) is 52.2 Å². The largest absolute Gasteiger partial charge is 0.488 e. The maximum Gasteiger partial charge on any atom is 0.213 e. The van der Waals surface area contributed by atoms with Gasteiger partial charge in [-0.1, -0.05) is 24.6 Å². The standard InChI is InChI=1S/C20H34N4O3S/c1-20(2,3)27-18-11-6-5-10-17(18)15-23-19(21-4)22-12-13-28(25,26)24-14-16-8-7-9-16/h5-6,10-11,16,24H,7-9,12-15H2,1-4H3,(H2,21,22,23). The van der Waals surface area contributed by atoms with Crippen LogP contribution in [0.25, 0.3) is 0 Å². The third kappa shape index (κ3) is 8.06. The first kappa shape index (κ1) is 22.5. The van der Waals surface area contributed by atoms with E-state index in [0.717, 1.165) is 24.2 Å². The molecule has 0 spiro atoms. The van der Waals surface area contributed by atoms with Crippen LogP contribution in [0.3, 0.4) is 0 Å². The summed E-state index contributed by atoms with van der Waals surface area (Å²) in [5.74, 6) is 1.90. The maximum absolute atomic E-state index is 12.1. The third-order valence-corrected chi connectivity index (χ3v) is 5.89. The van der Waals surface area contributed by atoms with Crippen LogP contribution in [0.4, 0.5) is 0 Å². The molecular formula is C20H34N4O3S. The molecule has 1 aliphatic rings. The zero-order valence-electron chi connectivity index (χ0n) is 17.4. The number of para-hydroxylation sites is 1. The van der Waals surface area contributed by atoms with Gasteiger partial charge in [-0.2, -0.15) is 0 Å². The summed E-state index contributed by atoms with van der Waals surface area (Å²) in [4.78, 5) is 4.16. The van der Waals surface area contributed by atoms with Gasteiger partial charge < -0.3 is 15.4 Å². The average Bonchev–Trinajstić information content (AvgIpc) is 2.56. The number of nitrogens with zero attached hydrogens (tertiary/aromatic N) is 1. The molecule has 7 nitrogen and oxygen atoms in total. The second kappa shape index (κ2) is 10.1. The lowest BCUT2D eigenvalue weighted by atomic mass is 9.86. The Labute approximate surface area is 169 Å². The number of guanidine groups is 1. The SMILES string of the molecule is CN=C(NCCS(=O)(=O)NCC1CCC1)NCc1ccccc1OC(C)(C)C. The monoisotopic (exact) mass is 410 g/mol. The fourth-order valence-electron chi connectivity index (χ4n) is 2.80. The second-order valence-electron chi connectivity index (χ2n) is 8.14. The van der Waals surface area contributed by atoms with Gasteiger partial charge in [0, 0.05) is 32.2 Å². The fourth-order valence-corrected chi connectivity index (χ4v) is 3.80. The Kier molecular flexibility index (Phi) is 8.12. The van der Waals surface area contributed by atoms with Crippen molar-refractivity contribution < 1.29 is 13.2 Å². The lowest BCUT2D eigenvalue weighted by molar-refractivity contribution is 0.129. The maximum atomic E-state index is 12.1. The first-order valence-corrected chi connectivity index (χ1v) is 11.5. The molecule has 28 heavy (non-hydrogen) atoms. The molecule has 1 fully saturated rings. The van der Waals surface area contributed by atoms with Crippen LogP contribution in [0.5, 0.6) is 5.75 Å². The number of hydrogen-bond donors (Lipinski definition) is 3. The Morgan fingerprint density at radius 3 is 2.54 bits per heavy atom. The van der Waals surface area contributed by atoms with Crippen LogP contribution in [0, 0.1) is 5.92 Å². The molecule has 1 saturated carbocycles. The van der Waals surface area contributed by atoms with Crippen LogP contribution in [0.1, 0.15) is 45.6 Å². The summed E-state index contributed by atoms with van der Waals surface area (Å²) in [6.45, 7) is 7.41. The van der Waals surface area contributed by atoms with Crippen molar-refractivity contribution in [2.75, 3.05) is 25.9 Å². The molecule has 1 aromatic rings. The Morgan fingerprint density at radius 2 is 1.93 bits per heavy atom. The van der Waals surface area contributed by atoms with Crippen LogP contribution in [-0.2, 0) is 16.6 Å². The summed E-state index contributed by atoms with van der Waals surface area (Å²) in [5, 5.41) is 6.27. The minimum absolute atomic E-state index is 0.0180. The number of rotatable bonds is 9. The van der Waals surface area contributed by atoms with Crippen molar-refractivity contribution in [3.8, 4) is 5.75 Å². The summed E-state index contributed by atoms with van der Waals surface area (Å²) in [7, 11) is -1.60. The quantitative estimate of drug-likeness (QED) is 0.429. The van der Waals surface area contributed by atoms with E-state index >= 15 is 0 Å².